The molecule has 2 unspecified atom stereocenters. The molecule has 2 rings (SSSR count). The van der Waals surface area contributed by atoms with Crippen molar-refractivity contribution in [1.82, 2.24) is 4.31 Å². The van der Waals surface area contributed by atoms with E-state index in [1.807, 2.05) is 0 Å². The lowest BCUT2D eigenvalue weighted by Gasteiger charge is -2.14. The normalized spacial score (nSPS) is 21.7. The minimum atomic E-state index is -3.51. The van der Waals surface area contributed by atoms with Crippen molar-refractivity contribution in [1.29, 1.82) is 0 Å². The van der Waals surface area contributed by atoms with Gasteiger partial charge < -0.3 is 11.1 Å². The maximum absolute atomic E-state index is 12.1. The van der Waals surface area contributed by atoms with Gasteiger partial charge in [0.25, 0.3) is 0 Å². The number of hydrogen-bond acceptors (Lipinski definition) is 4. The molecule has 0 bridgehead atoms. The second-order valence-corrected chi connectivity index (χ2v) is 7.35. The van der Waals surface area contributed by atoms with E-state index in [1.54, 1.807) is 24.3 Å². The van der Waals surface area contributed by atoms with Crippen LogP contribution in [0.3, 0.4) is 0 Å². The van der Waals surface area contributed by atoms with E-state index in [9.17, 15) is 13.2 Å². The van der Waals surface area contributed by atoms with Crippen LogP contribution >= 0.6 is 0 Å². The van der Waals surface area contributed by atoms with Gasteiger partial charge in [-0.25, -0.2) is 12.7 Å². The Hall–Kier alpha value is -1.70. The predicted octanol–water partition coefficient (Wildman–Crippen LogP) is 0.779. The Labute approximate surface area is 124 Å². The highest BCUT2D eigenvalue weighted by Gasteiger charge is 2.23. The third-order valence-corrected chi connectivity index (χ3v) is 5.14. The molecule has 6 nitrogen and oxygen atoms in total. The molecule has 1 aliphatic carbocycles. The molecule has 0 heterocycles. The topological polar surface area (TPSA) is 92.5 Å². The molecule has 3 N–H and O–H groups in total. The predicted molar refractivity (Wildman–Crippen MR) is 81.2 cm³/mol. The quantitative estimate of drug-likeness (QED) is 0.804. The van der Waals surface area contributed by atoms with Crippen molar-refractivity contribution in [2.75, 3.05) is 19.4 Å². The van der Waals surface area contributed by atoms with Gasteiger partial charge in [0.05, 0.1) is 10.8 Å². The number of rotatable bonds is 4. The fourth-order valence-corrected chi connectivity index (χ4v) is 3.05. The molecule has 114 valence electrons. The summed E-state index contributed by atoms with van der Waals surface area (Å²) < 4.78 is 25.2. The summed E-state index contributed by atoms with van der Waals surface area (Å²) in [5, 5.41) is 2.73. The van der Waals surface area contributed by atoms with Crippen molar-refractivity contribution >= 4 is 21.6 Å². The molecular formula is C14H19N3O3S. The Balaban J connectivity index is 2.15. The molecule has 0 saturated heterocycles. The number of amides is 1. The van der Waals surface area contributed by atoms with Gasteiger partial charge in [-0.3, -0.25) is 4.79 Å². The fourth-order valence-electron chi connectivity index (χ4n) is 2.10. The maximum Gasteiger partial charge on any atom is 0.242 e. The summed E-state index contributed by atoms with van der Waals surface area (Å²) in [6.07, 6.45) is 4.15. The lowest BCUT2D eigenvalue weighted by Crippen LogP contribution is -2.24. The van der Waals surface area contributed by atoms with Gasteiger partial charge in [-0.15, -0.1) is 0 Å². The van der Waals surface area contributed by atoms with Gasteiger partial charge in [0.1, 0.15) is 0 Å². The lowest BCUT2D eigenvalue weighted by molar-refractivity contribution is -0.118. The molecule has 0 aromatic heterocycles. The van der Waals surface area contributed by atoms with E-state index in [0.717, 1.165) is 4.31 Å². The van der Waals surface area contributed by atoms with E-state index in [4.69, 9.17) is 5.73 Å². The van der Waals surface area contributed by atoms with E-state index in [1.165, 1.54) is 26.2 Å². The van der Waals surface area contributed by atoms with E-state index in [0.29, 0.717) is 12.1 Å². The summed E-state index contributed by atoms with van der Waals surface area (Å²) in [4.78, 5) is 12.2. The van der Waals surface area contributed by atoms with Gasteiger partial charge in [-0.05, 0) is 24.6 Å². The number of nitrogens with zero attached hydrogens (tertiary/aromatic N) is 1. The molecule has 0 spiro atoms. The highest BCUT2D eigenvalue weighted by Crippen LogP contribution is 2.21. The number of carbonyl (C=O) groups excluding carboxylic acids is 1. The number of carbonyl (C=O) groups is 1. The Morgan fingerprint density at radius 3 is 2.62 bits per heavy atom. The van der Waals surface area contributed by atoms with Crippen LogP contribution in [0, 0.1) is 5.92 Å². The van der Waals surface area contributed by atoms with Crippen molar-refractivity contribution in [2.45, 2.75) is 17.4 Å². The zero-order chi connectivity index (χ0) is 15.6. The fraction of sp³-hybridized carbons (Fsp3) is 0.357. The van der Waals surface area contributed by atoms with Gasteiger partial charge in [-0.1, -0.05) is 18.2 Å². The van der Waals surface area contributed by atoms with Gasteiger partial charge in [0.15, 0.2) is 0 Å². The van der Waals surface area contributed by atoms with Crippen LogP contribution in [0.1, 0.15) is 6.42 Å². The second kappa shape index (κ2) is 5.97. The van der Waals surface area contributed by atoms with Gasteiger partial charge >= 0.3 is 0 Å². The first kappa shape index (κ1) is 15.7. The third-order valence-electron chi connectivity index (χ3n) is 3.33. The minimum absolute atomic E-state index is 0.0961. The lowest BCUT2D eigenvalue weighted by atomic mass is 10.1. The van der Waals surface area contributed by atoms with Crippen molar-refractivity contribution in [3.05, 3.63) is 36.4 Å². The average Bonchev–Trinajstić information content (AvgIpc) is 2.85. The number of nitrogens with one attached hydrogen (secondary N) is 1. The molecule has 0 aliphatic heterocycles. The number of anilines is 1. The molecule has 1 aliphatic rings. The Morgan fingerprint density at radius 1 is 1.33 bits per heavy atom. The number of nitrogens with two attached hydrogens (primary N) is 1. The van der Waals surface area contributed by atoms with Crippen LogP contribution in [0.4, 0.5) is 5.69 Å². The number of hydrogen-bond donors (Lipinski definition) is 2. The number of sulfonamides is 1. The van der Waals surface area contributed by atoms with Crippen LogP contribution in [-0.2, 0) is 14.8 Å². The Morgan fingerprint density at radius 2 is 2.05 bits per heavy atom. The molecule has 21 heavy (non-hydrogen) atoms. The summed E-state index contributed by atoms with van der Waals surface area (Å²) >= 11 is 0. The minimum Gasteiger partial charge on any atom is -0.326 e. The average molecular weight is 309 g/mol. The zero-order valence-electron chi connectivity index (χ0n) is 12.0. The largest absolute Gasteiger partial charge is 0.326 e. The summed E-state index contributed by atoms with van der Waals surface area (Å²) in [7, 11) is -0.588. The van der Waals surface area contributed by atoms with Crippen LogP contribution < -0.4 is 11.1 Å². The molecule has 1 aromatic rings. The second-order valence-electron chi connectivity index (χ2n) is 5.20. The molecule has 1 amide bonds. The molecular weight excluding hydrogens is 290 g/mol. The summed E-state index contributed by atoms with van der Waals surface area (Å²) in [5.41, 5.74) is 6.17. The first-order chi connectivity index (χ1) is 9.80. The van der Waals surface area contributed by atoms with Crippen LogP contribution in [0.2, 0.25) is 0 Å². The smallest absolute Gasteiger partial charge is 0.242 e. The molecule has 7 heteroatoms. The standard InChI is InChI=1S/C14H19N3O3S/c1-17(2)21(19,20)13-5-3-4-12(9-13)16-14(18)10-6-7-11(15)8-10/h3-7,9-11H,8,15H2,1-2H3,(H,16,18). The van der Waals surface area contributed by atoms with E-state index < -0.39 is 10.0 Å². The van der Waals surface area contributed by atoms with Crippen molar-refractivity contribution in [3.63, 3.8) is 0 Å². The molecule has 0 saturated carbocycles. The molecule has 0 fully saturated rings. The SMILES string of the molecule is CN(C)S(=O)(=O)c1cccc(NC(=O)C2C=CC(N)C2)c1. The summed E-state index contributed by atoms with van der Waals surface area (Å²) in [6.45, 7) is 0. The molecule has 2 atom stereocenters. The van der Waals surface area contributed by atoms with E-state index in [2.05, 4.69) is 5.32 Å². The van der Waals surface area contributed by atoms with Crippen LogP contribution in [0.5, 0.6) is 0 Å². The van der Waals surface area contributed by atoms with E-state index in [-0.39, 0.29) is 22.8 Å². The van der Waals surface area contributed by atoms with Crippen LogP contribution in [0.15, 0.2) is 41.3 Å². The van der Waals surface area contributed by atoms with Gasteiger partial charge in [-0.2, -0.15) is 0 Å². The Kier molecular flexibility index (Phi) is 4.46. The monoisotopic (exact) mass is 309 g/mol. The maximum atomic E-state index is 12.1. The number of benzene rings is 1. The van der Waals surface area contributed by atoms with Gasteiger partial charge in [0.2, 0.25) is 15.9 Å². The van der Waals surface area contributed by atoms with Crippen LogP contribution in [0.25, 0.3) is 0 Å². The Bertz CT molecular complexity index is 668. The molecule has 1 aromatic carbocycles. The summed E-state index contributed by atoms with van der Waals surface area (Å²) in [5.74, 6) is -0.451. The first-order valence-corrected chi connectivity index (χ1v) is 8.02. The van der Waals surface area contributed by atoms with Crippen LogP contribution in [-0.4, -0.2) is 38.8 Å². The van der Waals surface area contributed by atoms with E-state index >= 15 is 0 Å². The van der Waals surface area contributed by atoms with Crippen molar-refractivity contribution in [3.8, 4) is 0 Å². The zero-order valence-corrected chi connectivity index (χ0v) is 12.8. The first-order valence-electron chi connectivity index (χ1n) is 6.58. The van der Waals surface area contributed by atoms with Crippen molar-refractivity contribution in [2.24, 2.45) is 11.7 Å². The highest BCUT2D eigenvalue weighted by molar-refractivity contribution is 7.89. The third kappa shape index (κ3) is 3.49. The highest BCUT2D eigenvalue weighted by atomic mass is 32.2. The van der Waals surface area contributed by atoms with Crippen molar-refractivity contribution < 1.29 is 13.2 Å². The van der Waals surface area contributed by atoms with Gasteiger partial charge in [0, 0.05) is 25.8 Å². The molecule has 0 radical (unpaired) electrons. The summed E-state index contributed by atoms with van der Waals surface area (Å²) in [6, 6.07) is 6.11.